The molecule has 2 rings (SSSR count). The molecule has 96 valence electrons. The molecule has 1 unspecified atom stereocenters. The summed E-state index contributed by atoms with van der Waals surface area (Å²) in [5, 5.41) is 11.7. The zero-order valence-electron chi connectivity index (χ0n) is 10.1. The van der Waals surface area contributed by atoms with Gasteiger partial charge in [0, 0.05) is 37.2 Å². The van der Waals surface area contributed by atoms with Gasteiger partial charge in [0.1, 0.15) is 0 Å². The van der Waals surface area contributed by atoms with E-state index in [1.54, 1.807) is 12.4 Å². The molecule has 1 aliphatic heterocycles. The Labute approximate surface area is 105 Å². The molecule has 5 nitrogen and oxygen atoms in total. The second-order valence-corrected chi connectivity index (χ2v) is 4.69. The number of carbonyl (C=O) groups excluding carboxylic acids is 1. The number of piperidine rings is 1. The summed E-state index contributed by atoms with van der Waals surface area (Å²) in [6.45, 7) is 0.491. The normalized spacial score (nSPS) is 23.4. The van der Waals surface area contributed by atoms with E-state index in [9.17, 15) is 9.59 Å². The Morgan fingerprint density at radius 2 is 2.39 bits per heavy atom. The van der Waals surface area contributed by atoms with Crippen molar-refractivity contribution in [3.05, 3.63) is 30.1 Å². The molecule has 1 aromatic rings. The van der Waals surface area contributed by atoms with Crippen LogP contribution >= 0.6 is 0 Å². The molecule has 0 bridgehead atoms. The number of nitrogens with one attached hydrogen (secondary N) is 1. The average molecular weight is 248 g/mol. The standard InChI is InChI=1S/C13H16N2O3/c16-11-3-5-13(9-15-11,6-4-12(17)18)10-2-1-7-14-8-10/h1-2,7-8H,3-6,9H2,(H,15,16)(H,17,18). The van der Waals surface area contributed by atoms with Crippen LogP contribution in [-0.2, 0) is 15.0 Å². The van der Waals surface area contributed by atoms with E-state index < -0.39 is 5.97 Å². The van der Waals surface area contributed by atoms with Gasteiger partial charge in [-0.2, -0.15) is 0 Å². The predicted molar refractivity (Wildman–Crippen MR) is 65.0 cm³/mol. The lowest BCUT2D eigenvalue weighted by Gasteiger charge is -2.37. The van der Waals surface area contributed by atoms with E-state index in [0.717, 1.165) is 5.56 Å². The van der Waals surface area contributed by atoms with Gasteiger partial charge in [0.15, 0.2) is 0 Å². The number of aromatic nitrogens is 1. The fourth-order valence-corrected chi connectivity index (χ4v) is 2.42. The van der Waals surface area contributed by atoms with Crippen molar-refractivity contribution >= 4 is 11.9 Å². The number of amides is 1. The summed E-state index contributed by atoms with van der Waals surface area (Å²) in [6.07, 6.45) is 5.19. The highest BCUT2D eigenvalue weighted by molar-refractivity contribution is 5.77. The van der Waals surface area contributed by atoms with Crippen molar-refractivity contribution in [2.45, 2.75) is 31.1 Å². The van der Waals surface area contributed by atoms with E-state index >= 15 is 0 Å². The van der Waals surface area contributed by atoms with Crippen LogP contribution in [0.2, 0.25) is 0 Å². The first kappa shape index (κ1) is 12.5. The van der Waals surface area contributed by atoms with Gasteiger partial charge in [-0.25, -0.2) is 0 Å². The smallest absolute Gasteiger partial charge is 0.303 e. The fraction of sp³-hybridized carbons (Fsp3) is 0.462. The summed E-state index contributed by atoms with van der Waals surface area (Å²) in [5.74, 6) is -0.778. The molecule has 1 saturated heterocycles. The van der Waals surface area contributed by atoms with Crippen LogP contribution in [-0.4, -0.2) is 28.5 Å². The molecule has 1 atom stereocenters. The molecule has 18 heavy (non-hydrogen) atoms. The predicted octanol–water partition coefficient (Wildman–Crippen LogP) is 1.09. The lowest BCUT2D eigenvalue weighted by Crippen LogP contribution is -2.46. The van der Waals surface area contributed by atoms with Gasteiger partial charge in [-0.05, 0) is 24.5 Å². The molecular weight excluding hydrogens is 232 g/mol. The number of carboxylic acids is 1. The van der Waals surface area contributed by atoms with Crippen molar-refractivity contribution in [3.63, 3.8) is 0 Å². The molecule has 1 amide bonds. The first-order chi connectivity index (χ1) is 8.62. The Morgan fingerprint density at radius 3 is 2.94 bits per heavy atom. The van der Waals surface area contributed by atoms with Crippen LogP contribution in [0.4, 0.5) is 0 Å². The van der Waals surface area contributed by atoms with Gasteiger partial charge in [0.25, 0.3) is 0 Å². The quantitative estimate of drug-likeness (QED) is 0.836. The SMILES string of the molecule is O=C(O)CCC1(c2cccnc2)CCC(=O)NC1. The molecule has 0 radical (unpaired) electrons. The molecule has 0 saturated carbocycles. The van der Waals surface area contributed by atoms with Crippen LogP contribution in [0.1, 0.15) is 31.2 Å². The number of nitrogens with zero attached hydrogens (tertiary/aromatic N) is 1. The molecule has 0 aliphatic carbocycles. The molecule has 1 fully saturated rings. The van der Waals surface area contributed by atoms with Crippen LogP contribution in [0.25, 0.3) is 0 Å². The van der Waals surface area contributed by atoms with Crippen LogP contribution in [0, 0.1) is 0 Å². The summed E-state index contributed by atoms with van der Waals surface area (Å²) < 4.78 is 0. The summed E-state index contributed by atoms with van der Waals surface area (Å²) in [5.41, 5.74) is 0.715. The maximum absolute atomic E-state index is 11.3. The van der Waals surface area contributed by atoms with E-state index in [4.69, 9.17) is 5.11 Å². The number of hydrogen-bond acceptors (Lipinski definition) is 3. The van der Waals surface area contributed by atoms with E-state index in [1.165, 1.54) is 0 Å². The van der Waals surface area contributed by atoms with E-state index in [-0.39, 0.29) is 17.7 Å². The van der Waals surface area contributed by atoms with Crippen molar-refractivity contribution in [2.24, 2.45) is 0 Å². The first-order valence-corrected chi connectivity index (χ1v) is 6.01. The third-order valence-corrected chi connectivity index (χ3v) is 3.55. The van der Waals surface area contributed by atoms with Crippen LogP contribution in [0.3, 0.4) is 0 Å². The van der Waals surface area contributed by atoms with Crippen LogP contribution in [0.15, 0.2) is 24.5 Å². The lowest BCUT2D eigenvalue weighted by atomic mass is 9.72. The fourth-order valence-electron chi connectivity index (χ4n) is 2.42. The van der Waals surface area contributed by atoms with Crippen molar-refractivity contribution in [1.29, 1.82) is 0 Å². The van der Waals surface area contributed by atoms with Crippen molar-refractivity contribution in [3.8, 4) is 0 Å². The summed E-state index contributed by atoms with van der Waals surface area (Å²) >= 11 is 0. The van der Waals surface area contributed by atoms with Gasteiger partial charge < -0.3 is 10.4 Å². The molecule has 2 heterocycles. The van der Waals surface area contributed by atoms with Gasteiger partial charge in [-0.3, -0.25) is 14.6 Å². The molecular formula is C13H16N2O3. The van der Waals surface area contributed by atoms with Crippen molar-refractivity contribution in [1.82, 2.24) is 10.3 Å². The second kappa shape index (κ2) is 5.16. The average Bonchev–Trinajstić information content (AvgIpc) is 2.39. The Kier molecular flexibility index (Phi) is 3.60. The number of hydrogen-bond donors (Lipinski definition) is 2. The Balaban J connectivity index is 2.22. The number of carboxylic acid groups (broad SMARTS) is 1. The zero-order chi connectivity index (χ0) is 13.0. The Bertz CT molecular complexity index is 435. The van der Waals surface area contributed by atoms with Gasteiger partial charge >= 0.3 is 5.97 Å². The number of rotatable bonds is 4. The highest BCUT2D eigenvalue weighted by Gasteiger charge is 2.36. The number of carbonyl (C=O) groups is 2. The topological polar surface area (TPSA) is 79.3 Å². The highest BCUT2D eigenvalue weighted by atomic mass is 16.4. The van der Waals surface area contributed by atoms with Crippen LogP contribution in [0.5, 0.6) is 0 Å². The van der Waals surface area contributed by atoms with Crippen molar-refractivity contribution in [2.75, 3.05) is 6.54 Å². The third kappa shape index (κ3) is 2.67. The van der Waals surface area contributed by atoms with Crippen LogP contribution < -0.4 is 5.32 Å². The number of aliphatic carboxylic acids is 1. The first-order valence-electron chi connectivity index (χ1n) is 6.01. The molecule has 1 aliphatic rings. The maximum Gasteiger partial charge on any atom is 0.303 e. The maximum atomic E-state index is 11.3. The molecule has 2 N–H and O–H groups in total. The van der Waals surface area contributed by atoms with E-state index in [2.05, 4.69) is 10.3 Å². The van der Waals surface area contributed by atoms with Gasteiger partial charge in [0.2, 0.25) is 5.91 Å². The van der Waals surface area contributed by atoms with Gasteiger partial charge in [-0.1, -0.05) is 6.07 Å². The second-order valence-electron chi connectivity index (χ2n) is 4.69. The minimum absolute atomic E-state index is 0.0323. The monoisotopic (exact) mass is 248 g/mol. The minimum Gasteiger partial charge on any atom is -0.481 e. The highest BCUT2D eigenvalue weighted by Crippen LogP contribution is 2.35. The molecule has 0 aromatic carbocycles. The zero-order valence-corrected chi connectivity index (χ0v) is 10.1. The Morgan fingerprint density at radius 1 is 1.56 bits per heavy atom. The third-order valence-electron chi connectivity index (χ3n) is 3.55. The molecule has 1 aromatic heterocycles. The summed E-state index contributed by atoms with van der Waals surface area (Å²) in [6, 6.07) is 3.79. The summed E-state index contributed by atoms with van der Waals surface area (Å²) in [7, 11) is 0. The van der Waals surface area contributed by atoms with Gasteiger partial charge in [0.05, 0.1) is 0 Å². The largest absolute Gasteiger partial charge is 0.481 e. The van der Waals surface area contributed by atoms with Gasteiger partial charge in [-0.15, -0.1) is 0 Å². The minimum atomic E-state index is -0.810. The van der Waals surface area contributed by atoms with Crippen molar-refractivity contribution < 1.29 is 14.7 Å². The van der Waals surface area contributed by atoms with E-state index in [1.807, 2.05) is 12.1 Å². The lowest BCUT2D eigenvalue weighted by molar-refractivity contribution is -0.137. The Hall–Kier alpha value is -1.91. The molecule has 0 spiro atoms. The summed E-state index contributed by atoms with van der Waals surface area (Å²) in [4.78, 5) is 26.1. The number of pyridine rings is 1. The molecule has 5 heteroatoms. The van der Waals surface area contributed by atoms with E-state index in [0.29, 0.717) is 25.8 Å².